The van der Waals surface area contributed by atoms with Crippen molar-refractivity contribution in [3.05, 3.63) is 71.3 Å². The van der Waals surface area contributed by atoms with E-state index in [1.165, 1.54) is 17.2 Å². The Hall–Kier alpha value is -2.35. The highest BCUT2D eigenvalue weighted by molar-refractivity contribution is 5.88. The van der Waals surface area contributed by atoms with Crippen molar-refractivity contribution in [1.29, 1.82) is 0 Å². The minimum atomic E-state index is -0.366. The predicted octanol–water partition coefficient (Wildman–Crippen LogP) is 5.55. The van der Waals surface area contributed by atoms with Crippen molar-refractivity contribution in [2.75, 3.05) is 0 Å². The maximum Gasteiger partial charge on any atom is 0.336 e. The van der Waals surface area contributed by atoms with Gasteiger partial charge in [0.05, 0.1) is 0 Å². The fourth-order valence-corrected chi connectivity index (χ4v) is 2.23. The molecule has 23 heavy (non-hydrogen) atoms. The van der Waals surface area contributed by atoms with Crippen LogP contribution >= 0.6 is 0 Å². The summed E-state index contributed by atoms with van der Waals surface area (Å²) in [5, 5.41) is 0. The molecule has 2 heteroatoms. The van der Waals surface area contributed by atoms with Crippen LogP contribution in [0.2, 0.25) is 0 Å². The molecule has 0 saturated carbocycles. The monoisotopic (exact) mass is 308 g/mol. The molecular weight excluding hydrogens is 284 g/mol. The number of carbonyl (C=O) groups excluding carboxylic acids is 1. The number of rotatable bonds is 5. The van der Waals surface area contributed by atoms with Crippen molar-refractivity contribution < 1.29 is 9.53 Å². The summed E-state index contributed by atoms with van der Waals surface area (Å²) in [5.41, 5.74) is 3.50. The molecule has 0 saturated heterocycles. The molecule has 0 bridgehead atoms. The SMILES string of the molecule is CC(C)c1ccc(/C=C/C(=O)Oc2ccc(C(C)C)cc2)cc1. The van der Waals surface area contributed by atoms with E-state index in [1.807, 2.05) is 36.4 Å². The van der Waals surface area contributed by atoms with E-state index in [2.05, 4.69) is 39.8 Å². The number of hydrogen-bond donors (Lipinski definition) is 0. The molecule has 2 rings (SSSR count). The summed E-state index contributed by atoms with van der Waals surface area (Å²) in [5.74, 6) is 1.18. The third-order valence-corrected chi connectivity index (χ3v) is 3.78. The first-order chi connectivity index (χ1) is 11.0. The van der Waals surface area contributed by atoms with Gasteiger partial charge in [0.15, 0.2) is 0 Å². The molecule has 2 aromatic rings. The van der Waals surface area contributed by atoms with E-state index in [0.29, 0.717) is 17.6 Å². The van der Waals surface area contributed by atoms with Gasteiger partial charge in [-0.2, -0.15) is 0 Å². The molecule has 2 nitrogen and oxygen atoms in total. The summed E-state index contributed by atoms with van der Waals surface area (Å²) in [4.78, 5) is 11.9. The van der Waals surface area contributed by atoms with E-state index in [-0.39, 0.29) is 5.97 Å². The fraction of sp³-hybridized carbons (Fsp3) is 0.286. The lowest BCUT2D eigenvalue weighted by atomic mass is 10.0. The van der Waals surface area contributed by atoms with Gasteiger partial charge in [-0.3, -0.25) is 0 Å². The highest BCUT2D eigenvalue weighted by Gasteiger charge is 2.03. The molecule has 0 heterocycles. The van der Waals surface area contributed by atoms with Gasteiger partial charge in [0.25, 0.3) is 0 Å². The molecular formula is C21H24O2. The first-order valence-corrected chi connectivity index (χ1v) is 8.05. The van der Waals surface area contributed by atoms with Crippen molar-refractivity contribution >= 4 is 12.0 Å². The molecule has 0 aliphatic heterocycles. The van der Waals surface area contributed by atoms with E-state index in [1.54, 1.807) is 6.08 Å². The number of ether oxygens (including phenoxy) is 1. The van der Waals surface area contributed by atoms with Crippen LogP contribution in [0.1, 0.15) is 56.2 Å². The van der Waals surface area contributed by atoms with Crippen LogP contribution in [-0.2, 0) is 4.79 Å². The minimum Gasteiger partial charge on any atom is -0.423 e. The maximum absolute atomic E-state index is 11.9. The molecule has 0 atom stereocenters. The van der Waals surface area contributed by atoms with Crippen molar-refractivity contribution in [3.63, 3.8) is 0 Å². The Balaban J connectivity index is 1.95. The average molecular weight is 308 g/mol. The lowest BCUT2D eigenvalue weighted by Crippen LogP contribution is -2.03. The van der Waals surface area contributed by atoms with Crippen LogP contribution < -0.4 is 4.74 Å². The number of carbonyl (C=O) groups is 1. The quantitative estimate of drug-likeness (QED) is 0.411. The summed E-state index contributed by atoms with van der Waals surface area (Å²) >= 11 is 0. The Morgan fingerprint density at radius 3 is 1.78 bits per heavy atom. The van der Waals surface area contributed by atoms with Crippen molar-refractivity contribution in [2.45, 2.75) is 39.5 Å². The second-order valence-corrected chi connectivity index (χ2v) is 6.30. The lowest BCUT2D eigenvalue weighted by Gasteiger charge is -2.06. The molecule has 2 aromatic carbocycles. The van der Waals surface area contributed by atoms with Gasteiger partial charge in [0, 0.05) is 6.08 Å². The van der Waals surface area contributed by atoms with Gasteiger partial charge >= 0.3 is 5.97 Å². The van der Waals surface area contributed by atoms with E-state index in [0.717, 1.165) is 5.56 Å². The number of hydrogen-bond acceptors (Lipinski definition) is 2. The third-order valence-electron chi connectivity index (χ3n) is 3.78. The summed E-state index contributed by atoms with van der Waals surface area (Å²) in [6, 6.07) is 15.8. The van der Waals surface area contributed by atoms with Gasteiger partial charge in [0.2, 0.25) is 0 Å². The van der Waals surface area contributed by atoms with Crippen molar-refractivity contribution in [1.82, 2.24) is 0 Å². The number of esters is 1. The van der Waals surface area contributed by atoms with E-state index in [4.69, 9.17) is 4.74 Å². The third kappa shape index (κ3) is 5.10. The van der Waals surface area contributed by atoms with Gasteiger partial charge in [-0.1, -0.05) is 64.1 Å². The molecule has 0 aromatic heterocycles. The molecule has 0 unspecified atom stereocenters. The normalized spacial score (nSPS) is 11.4. The largest absolute Gasteiger partial charge is 0.423 e. The van der Waals surface area contributed by atoms with Crippen LogP contribution in [0, 0.1) is 0 Å². The predicted molar refractivity (Wildman–Crippen MR) is 95.7 cm³/mol. The standard InChI is InChI=1S/C21H24O2/c1-15(2)18-8-5-17(6-9-18)7-14-21(22)23-20-12-10-19(11-13-20)16(3)4/h5-16H,1-4H3/b14-7+. The van der Waals surface area contributed by atoms with Crippen molar-refractivity contribution in [3.8, 4) is 5.75 Å². The summed E-state index contributed by atoms with van der Waals surface area (Å²) in [6.45, 7) is 8.59. The Bertz CT molecular complexity index is 662. The summed E-state index contributed by atoms with van der Waals surface area (Å²) < 4.78 is 5.31. The first kappa shape index (κ1) is 17.0. The second-order valence-electron chi connectivity index (χ2n) is 6.30. The molecule has 0 fully saturated rings. The molecule has 0 amide bonds. The fourth-order valence-electron chi connectivity index (χ4n) is 2.23. The van der Waals surface area contributed by atoms with Crippen LogP contribution in [0.5, 0.6) is 5.75 Å². The van der Waals surface area contributed by atoms with Gasteiger partial charge in [-0.15, -0.1) is 0 Å². The van der Waals surface area contributed by atoms with Gasteiger partial charge < -0.3 is 4.74 Å². The van der Waals surface area contributed by atoms with E-state index < -0.39 is 0 Å². The summed E-state index contributed by atoms with van der Waals surface area (Å²) in [7, 11) is 0. The van der Waals surface area contributed by atoms with Gasteiger partial charge in [-0.05, 0) is 46.7 Å². The van der Waals surface area contributed by atoms with Crippen LogP contribution in [0.3, 0.4) is 0 Å². The van der Waals surface area contributed by atoms with Crippen LogP contribution in [0.15, 0.2) is 54.6 Å². The highest BCUT2D eigenvalue weighted by Crippen LogP contribution is 2.19. The maximum atomic E-state index is 11.9. The Kier molecular flexibility index (Phi) is 5.75. The highest BCUT2D eigenvalue weighted by atomic mass is 16.5. The zero-order chi connectivity index (χ0) is 16.8. The van der Waals surface area contributed by atoms with Crippen LogP contribution in [-0.4, -0.2) is 5.97 Å². The van der Waals surface area contributed by atoms with Crippen molar-refractivity contribution in [2.24, 2.45) is 0 Å². The lowest BCUT2D eigenvalue weighted by molar-refractivity contribution is -0.128. The zero-order valence-electron chi connectivity index (χ0n) is 14.2. The average Bonchev–Trinajstić information content (AvgIpc) is 2.54. The molecule has 0 aliphatic carbocycles. The molecule has 0 spiro atoms. The topological polar surface area (TPSA) is 26.3 Å². The van der Waals surface area contributed by atoms with Crippen LogP contribution in [0.25, 0.3) is 6.08 Å². The van der Waals surface area contributed by atoms with E-state index in [9.17, 15) is 4.79 Å². The molecule has 0 N–H and O–H groups in total. The van der Waals surface area contributed by atoms with Gasteiger partial charge in [0.1, 0.15) is 5.75 Å². The Morgan fingerprint density at radius 1 is 0.826 bits per heavy atom. The molecule has 120 valence electrons. The second kappa shape index (κ2) is 7.77. The zero-order valence-corrected chi connectivity index (χ0v) is 14.2. The Morgan fingerprint density at radius 2 is 1.30 bits per heavy atom. The minimum absolute atomic E-state index is 0.366. The number of benzene rings is 2. The van der Waals surface area contributed by atoms with E-state index >= 15 is 0 Å². The molecule has 0 radical (unpaired) electrons. The summed E-state index contributed by atoms with van der Waals surface area (Å²) in [6.07, 6.45) is 3.23. The smallest absolute Gasteiger partial charge is 0.336 e. The van der Waals surface area contributed by atoms with Gasteiger partial charge in [-0.25, -0.2) is 4.79 Å². The molecule has 0 aliphatic rings. The first-order valence-electron chi connectivity index (χ1n) is 8.05. The Labute approximate surface area is 138 Å². The van der Waals surface area contributed by atoms with Crippen LogP contribution in [0.4, 0.5) is 0 Å².